The third-order valence-corrected chi connectivity index (χ3v) is 7.75. The molecule has 0 atom stereocenters. The van der Waals surface area contributed by atoms with E-state index in [9.17, 15) is 4.79 Å². The summed E-state index contributed by atoms with van der Waals surface area (Å²) in [7, 11) is 0. The minimum absolute atomic E-state index is 0.137. The van der Waals surface area contributed by atoms with Gasteiger partial charge in [0, 0.05) is 13.1 Å². The predicted octanol–water partition coefficient (Wildman–Crippen LogP) is 11.4. The van der Waals surface area contributed by atoms with E-state index in [1.54, 1.807) is 4.90 Å². The van der Waals surface area contributed by atoms with Gasteiger partial charge in [-0.25, -0.2) is 4.79 Å². The van der Waals surface area contributed by atoms with E-state index in [4.69, 9.17) is 14.6 Å². The number of aliphatic hydroxyl groups excluding tert-OH is 1. The highest BCUT2D eigenvalue weighted by atomic mass is 16.6. The van der Waals surface area contributed by atoms with Gasteiger partial charge in [0.05, 0.1) is 19.8 Å². The van der Waals surface area contributed by atoms with Crippen LogP contribution in [0.15, 0.2) is 154 Å². The normalized spacial score (nSPS) is 17.2. The smallest absolute Gasteiger partial charge is 0.410 e. The highest BCUT2D eigenvalue weighted by molar-refractivity contribution is 5.67. The number of rotatable bonds is 19. The molecule has 0 aromatic rings. The van der Waals surface area contributed by atoms with E-state index in [1.165, 1.54) is 33.4 Å². The Hall–Kier alpha value is -4.19. The topological polar surface area (TPSA) is 59.0 Å². The van der Waals surface area contributed by atoms with Gasteiger partial charge in [-0.3, -0.25) is 0 Å². The Bertz CT molecular complexity index is 1440. The zero-order valence-corrected chi connectivity index (χ0v) is 32.1. The first-order valence-electron chi connectivity index (χ1n) is 17.8. The maximum atomic E-state index is 12.1. The number of carbonyl (C=O) groups is 1. The maximum absolute atomic E-state index is 12.1. The zero-order chi connectivity index (χ0) is 37.0. The molecule has 1 aliphatic heterocycles. The predicted molar refractivity (Wildman–Crippen MR) is 215 cm³/mol. The van der Waals surface area contributed by atoms with Crippen molar-refractivity contribution in [1.29, 1.82) is 0 Å². The van der Waals surface area contributed by atoms with E-state index in [2.05, 4.69) is 151 Å². The number of hydrogen-bond donors (Lipinski definition) is 1. The monoisotopic (exact) mass is 681 g/mol. The van der Waals surface area contributed by atoms with E-state index in [-0.39, 0.29) is 12.7 Å². The lowest BCUT2D eigenvalue weighted by atomic mass is 10.1. The van der Waals surface area contributed by atoms with Gasteiger partial charge in [-0.1, -0.05) is 148 Å². The Balaban J connectivity index is 2.43. The number of aliphatic hydroxyl groups is 1. The van der Waals surface area contributed by atoms with Gasteiger partial charge in [0.1, 0.15) is 6.61 Å². The molecule has 0 saturated carbocycles. The molecule has 0 spiro atoms. The maximum Gasteiger partial charge on any atom is 0.410 e. The van der Waals surface area contributed by atoms with Crippen molar-refractivity contribution in [3.05, 3.63) is 154 Å². The summed E-state index contributed by atoms with van der Waals surface area (Å²) in [6, 6.07) is 0. The van der Waals surface area contributed by atoms with Gasteiger partial charge in [0.15, 0.2) is 0 Å². The highest BCUT2D eigenvalue weighted by Gasteiger charge is 2.17. The number of morpholine rings is 1. The van der Waals surface area contributed by atoms with Gasteiger partial charge in [0.2, 0.25) is 0 Å². The Morgan fingerprint density at radius 3 is 1.42 bits per heavy atom. The summed E-state index contributed by atoms with van der Waals surface area (Å²) in [4.78, 5) is 13.8. The molecule has 0 radical (unpaired) electrons. The first-order valence-corrected chi connectivity index (χ1v) is 17.8. The Morgan fingerprint density at radius 1 is 0.580 bits per heavy atom. The van der Waals surface area contributed by atoms with E-state index < -0.39 is 0 Å². The van der Waals surface area contributed by atoms with Crippen LogP contribution in [0.4, 0.5) is 4.79 Å². The molecule has 50 heavy (non-hydrogen) atoms. The second-order valence-electron chi connectivity index (χ2n) is 13.0. The fraction of sp³-hybridized carbons (Fsp3) is 0.400. The van der Waals surface area contributed by atoms with Crippen LogP contribution in [0.1, 0.15) is 81.1 Å². The number of nitrogens with zero attached hydrogens (tertiary/aromatic N) is 1. The molecule has 1 amide bonds. The zero-order valence-electron chi connectivity index (χ0n) is 32.1. The van der Waals surface area contributed by atoms with Crippen LogP contribution in [0.25, 0.3) is 0 Å². The number of ether oxygens (including phenoxy) is 2. The fourth-order valence-electron chi connectivity index (χ4n) is 4.46. The molecule has 1 heterocycles. The summed E-state index contributed by atoms with van der Waals surface area (Å²) >= 11 is 0. The molecular formula is C45H63NO4. The van der Waals surface area contributed by atoms with Crippen LogP contribution in [0.2, 0.25) is 0 Å². The molecule has 1 aliphatic rings. The minimum atomic E-state index is -0.259. The number of hydrogen-bond acceptors (Lipinski definition) is 4. The SMILES string of the molecule is CC(/C=C/C=C(C)/C=C/C=C(\C)CC/C=C(\C)CO)=C\C=C\C=C(C)\C=C\C=C(C)\C=C\C=C(/C)CC/C=C(\C)COC(=O)N1CCOCC1. The van der Waals surface area contributed by atoms with Crippen molar-refractivity contribution < 1.29 is 19.4 Å². The Labute approximate surface area is 304 Å². The number of amides is 1. The molecule has 0 aromatic heterocycles. The molecule has 1 fully saturated rings. The highest BCUT2D eigenvalue weighted by Crippen LogP contribution is 2.10. The summed E-state index contributed by atoms with van der Waals surface area (Å²) in [6.07, 6.45) is 41.5. The van der Waals surface area contributed by atoms with Crippen LogP contribution in [0.3, 0.4) is 0 Å². The lowest BCUT2D eigenvalue weighted by Gasteiger charge is -2.26. The average molecular weight is 682 g/mol. The van der Waals surface area contributed by atoms with E-state index in [0.29, 0.717) is 32.9 Å². The van der Waals surface area contributed by atoms with Crippen LogP contribution in [-0.2, 0) is 9.47 Å². The molecule has 5 nitrogen and oxygen atoms in total. The van der Waals surface area contributed by atoms with Gasteiger partial charge >= 0.3 is 6.09 Å². The Morgan fingerprint density at radius 2 is 0.980 bits per heavy atom. The molecular weight excluding hydrogens is 618 g/mol. The molecule has 1 rings (SSSR count). The average Bonchev–Trinajstić information content (AvgIpc) is 3.09. The van der Waals surface area contributed by atoms with Gasteiger partial charge in [-0.05, 0) is 86.6 Å². The van der Waals surface area contributed by atoms with Gasteiger partial charge in [-0.15, -0.1) is 0 Å². The standard InChI is InChI=1S/C45H63NO4/c1-37(19-11-21-39(3)23-13-25-41(5)27-15-29-43(7)35-47)17-9-10-18-38(2)20-12-22-40(4)24-14-26-42(6)28-16-30-44(8)36-50-45(48)46-31-33-49-34-32-46/h9-14,17-26,29-30,47H,15-16,27-28,31-36H2,1-8H3/b10-9+,19-11+,20-12+,23-13+,24-14+,37-17+,38-18+,39-21+,40-22+,41-25+,42-26+,43-29+,44-30+. The van der Waals surface area contributed by atoms with Crippen LogP contribution < -0.4 is 0 Å². The number of allylic oxidation sites excluding steroid dienone is 24. The fourth-order valence-corrected chi connectivity index (χ4v) is 4.46. The van der Waals surface area contributed by atoms with Crippen LogP contribution in [-0.4, -0.2) is 55.6 Å². The van der Waals surface area contributed by atoms with Crippen molar-refractivity contribution in [3.63, 3.8) is 0 Å². The summed E-state index contributed by atoms with van der Waals surface area (Å²) in [5, 5.41) is 9.07. The molecule has 272 valence electrons. The van der Waals surface area contributed by atoms with Gasteiger partial charge < -0.3 is 19.5 Å². The first-order chi connectivity index (χ1) is 24.0. The first kappa shape index (κ1) is 43.8. The molecule has 1 N–H and O–H groups in total. The van der Waals surface area contributed by atoms with Crippen LogP contribution in [0.5, 0.6) is 0 Å². The lowest BCUT2D eigenvalue weighted by Crippen LogP contribution is -2.41. The van der Waals surface area contributed by atoms with E-state index >= 15 is 0 Å². The quantitative estimate of drug-likeness (QED) is 0.109. The molecule has 0 unspecified atom stereocenters. The van der Waals surface area contributed by atoms with E-state index in [0.717, 1.165) is 36.8 Å². The van der Waals surface area contributed by atoms with Crippen LogP contribution >= 0.6 is 0 Å². The summed E-state index contributed by atoms with van der Waals surface area (Å²) in [5.41, 5.74) is 9.46. The van der Waals surface area contributed by atoms with Gasteiger partial charge in [-0.2, -0.15) is 0 Å². The molecule has 0 aliphatic carbocycles. The van der Waals surface area contributed by atoms with Crippen molar-refractivity contribution in [1.82, 2.24) is 4.90 Å². The van der Waals surface area contributed by atoms with Crippen molar-refractivity contribution >= 4 is 6.09 Å². The second kappa shape index (κ2) is 27.6. The van der Waals surface area contributed by atoms with E-state index in [1.807, 2.05) is 13.8 Å². The van der Waals surface area contributed by atoms with Crippen molar-refractivity contribution in [3.8, 4) is 0 Å². The van der Waals surface area contributed by atoms with Gasteiger partial charge in [0.25, 0.3) is 0 Å². The molecule has 1 saturated heterocycles. The van der Waals surface area contributed by atoms with Crippen molar-refractivity contribution in [2.24, 2.45) is 0 Å². The largest absolute Gasteiger partial charge is 0.445 e. The summed E-state index contributed by atoms with van der Waals surface area (Å²) < 4.78 is 10.7. The van der Waals surface area contributed by atoms with Crippen molar-refractivity contribution in [2.45, 2.75) is 81.1 Å². The lowest BCUT2D eigenvalue weighted by molar-refractivity contribution is 0.0295. The molecule has 0 bridgehead atoms. The molecule has 5 heteroatoms. The van der Waals surface area contributed by atoms with Crippen molar-refractivity contribution in [2.75, 3.05) is 39.5 Å². The molecule has 0 aromatic carbocycles. The third kappa shape index (κ3) is 24.0. The summed E-state index contributed by atoms with van der Waals surface area (Å²) in [6.45, 7) is 19.4. The van der Waals surface area contributed by atoms with Crippen LogP contribution in [0, 0.1) is 0 Å². The second-order valence-corrected chi connectivity index (χ2v) is 13.0. The summed E-state index contributed by atoms with van der Waals surface area (Å²) in [5.74, 6) is 0. The Kier molecular flexibility index (Phi) is 24.2. The number of carbonyl (C=O) groups excluding carboxylic acids is 1. The minimum Gasteiger partial charge on any atom is -0.445 e. The third-order valence-electron chi connectivity index (χ3n) is 7.75.